The molecular weight excluding hydrogens is 340 g/mol. The summed E-state index contributed by atoms with van der Waals surface area (Å²) >= 11 is 0. The fourth-order valence-corrected chi connectivity index (χ4v) is 3.72. The molecule has 0 saturated heterocycles. The lowest BCUT2D eigenvalue weighted by Gasteiger charge is -2.11. The van der Waals surface area contributed by atoms with Crippen molar-refractivity contribution in [1.82, 2.24) is 10.0 Å². The van der Waals surface area contributed by atoms with Crippen molar-refractivity contribution in [2.45, 2.75) is 18.7 Å². The lowest BCUT2D eigenvalue weighted by molar-refractivity contribution is 0.0951. The number of amides is 1. The first kappa shape index (κ1) is 19.0. The summed E-state index contributed by atoms with van der Waals surface area (Å²) in [6, 6.07) is 12.1. The van der Waals surface area contributed by atoms with E-state index in [2.05, 4.69) is 10.0 Å². The van der Waals surface area contributed by atoms with Crippen molar-refractivity contribution < 1.29 is 17.9 Å². The van der Waals surface area contributed by atoms with Crippen molar-refractivity contribution in [2.75, 3.05) is 20.2 Å². The largest absolute Gasteiger partial charge is 0.496 e. The van der Waals surface area contributed by atoms with E-state index in [1.165, 1.54) is 7.11 Å². The molecule has 0 atom stereocenters. The maximum absolute atomic E-state index is 12.4. The van der Waals surface area contributed by atoms with Crippen LogP contribution in [0.2, 0.25) is 0 Å². The van der Waals surface area contributed by atoms with Crippen molar-refractivity contribution in [3.8, 4) is 5.75 Å². The predicted octanol–water partition coefficient (Wildman–Crippen LogP) is 2.02. The molecule has 6 nitrogen and oxygen atoms in total. The molecule has 0 bridgehead atoms. The van der Waals surface area contributed by atoms with E-state index in [0.717, 1.165) is 5.56 Å². The summed E-state index contributed by atoms with van der Waals surface area (Å²) in [7, 11) is -2.12. The van der Waals surface area contributed by atoms with E-state index in [9.17, 15) is 13.2 Å². The molecule has 0 fully saturated rings. The highest BCUT2D eigenvalue weighted by Gasteiger charge is 2.17. The van der Waals surface area contributed by atoms with Gasteiger partial charge < -0.3 is 10.1 Å². The molecule has 2 aromatic carbocycles. The van der Waals surface area contributed by atoms with Gasteiger partial charge in [0.1, 0.15) is 5.75 Å². The molecule has 0 aliphatic carbocycles. The van der Waals surface area contributed by atoms with E-state index in [1.54, 1.807) is 43.3 Å². The van der Waals surface area contributed by atoms with E-state index >= 15 is 0 Å². The Morgan fingerprint density at radius 1 is 1.08 bits per heavy atom. The molecule has 0 heterocycles. The maximum atomic E-state index is 12.4. The first-order valence-corrected chi connectivity index (χ1v) is 9.31. The molecule has 0 aliphatic rings. The number of sulfonamides is 1. The highest BCUT2D eigenvalue weighted by Crippen LogP contribution is 2.17. The Balaban J connectivity index is 1.94. The van der Waals surface area contributed by atoms with Crippen molar-refractivity contribution in [3.63, 3.8) is 0 Å². The van der Waals surface area contributed by atoms with Crippen molar-refractivity contribution in [1.29, 1.82) is 0 Å². The van der Waals surface area contributed by atoms with Crippen LogP contribution in [-0.4, -0.2) is 34.5 Å². The third kappa shape index (κ3) is 4.80. The number of carbonyl (C=O) groups is 1. The molecular formula is C18H22N2O4S. The number of ether oxygens (including phenoxy) is 1. The van der Waals surface area contributed by atoms with Crippen molar-refractivity contribution in [3.05, 3.63) is 59.2 Å². The summed E-state index contributed by atoms with van der Waals surface area (Å²) in [4.78, 5) is 12.4. The highest BCUT2D eigenvalue weighted by molar-refractivity contribution is 7.89. The maximum Gasteiger partial charge on any atom is 0.255 e. The molecule has 25 heavy (non-hydrogen) atoms. The Hall–Kier alpha value is -2.38. The quantitative estimate of drug-likeness (QED) is 0.738. The number of rotatable bonds is 7. The molecule has 2 rings (SSSR count). The summed E-state index contributed by atoms with van der Waals surface area (Å²) in [6.07, 6.45) is 0. The lowest BCUT2D eigenvalue weighted by atomic mass is 10.2. The van der Waals surface area contributed by atoms with Gasteiger partial charge in [0.25, 0.3) is 5.91 Å². The van der Waals surface area contributed by atoms with Gasteiger partial charge in [0.05, 0.1) is 17.6 Å². The number of carbonyl (C=O) groups excluding carboxylic acids is 1. The zero-order valence-electron chi connectivity index (χ0n) is 14.5. The summed E-state index contributed by atoms with van der Waals surface area (Å²) in [5.74, 6) is 0.152. The fraction of sp³-hybridized carbons (Fsp3) is 0.278. The number of benzene rings is 2. The second-order valence-electron chi connectivity index (χ2n) is 5.62. The lowest BCUT2D eigenvalue weighted by Crippen LogP contribution is -2.35. The van der Waals surface area contributed by atoms with Crippen LogP contribution >= 0.6 is 0 Å². The molecule has 1 amide bonds. The minimum atomic E-state index is -3.61. The predicted molar refractivity (Wildman–Crippen MR) is 96.4 cm³/mol. The Labute approximate surface area is 148 Å². The van der Waals surface area contributed by atoms with Gasteiger partial charge in [-0.3, -0.25) is 4.79 Å². The van der Waals surface area contributed by atoms with Gasteiger partial charge in [-0.05, 0) is 43.2 Å². The van der Waals surface area contributed by atoms with Crippen molar-refractivity contribution in [2.24, 2.45) is 0 Å². The van der Waals surface area contributed by atoms with Gasteiger partial charge in [0.2, 0.25) is 10.0 Å². The van der Waals surface area contributed by atoms with Gasteiger partial charge in [-0.25, -0.2) is 13.1 Å². The number of nitrogens with one attached hydrogen (secondary N) is 2. The molecule has 0 spiro atoms. The summed E-state index contributed by atoms with van der Waals surface area (Å²) in [5.41, 5.74) is 1.95. The van der Waals surface area contributed by atoms with E-state index in [0.29, 0.717) is 16.9 Å². The SMILES string of the molecule is COc1ccccc1C(=O)NCCNS(=O)(=O)c1cc(C)ccc1C. The molecule has 0 unspecified atom stereocenters. The Morgan fingerprint density at radius 2 is 1.80 bits per heavy atom. The molecule has 0 radical (unpaired) electrons. The topological polar surface area (TPSA) is 84.5 Å². The second-order valence-corrected chi connectivity index (χ2v) is 7.36. The van der Waals surface area contributed by atoms with Crippen LogP contribution < -0.4 is 14.8 Å². The smallest absolute Gasteiger partial charge is 0.255 e. The molecule has 134 valence electrons. The molecule has 7 heteroatoms. The zero-order valence-corrected chi connectivity index (χ0v) is 15.3. The molecule has 0 saturated carbocycles. The van der Waals surface area contributed by atoms with Crippen LogP contribution in [-0.2, 0) is 10.0 Å². The normalized spacial score (nSPS) is 11.2. The fourth-order valence-electron chi connectivity index (χ4n) is 2.36. The molecule has 0 aromatic heterocycles. The Bertz CT molecular complexity index is 863. The van der Waals surface area contributed by atoms with Crippen LogP contribution in [0, 0.1) is 13.8 Å². The minimum Gasteiger partial charge on any atom is -0.496 e. The van der Waals surface area contributed by atoms with E-state index in [4.69, 9.17) is 4.74 Å². The van der Waals surface area contributed by atoms with Crippen LogP contribution in [0.25, 0.3) is 0 Å². The van der Waals surface area contributed by atoms with Gasteiger partial charge in [-0.2, -0.15) is 0 Å². The van der Waals surface area contributed by atoms with Gasteiger partial charge >= 0.3 is 0 Å². The van der Waals surface area contributed by atoms with Crippen LogP contribution in [0.3, 0.4) is 0 Å². The average Bonchev–Trinajstić information content (AvgIpc) is 2.60. The molecule has 2 aromatic rings. The standard InChI is InChI=1S/C18H22N2O4S/c1-13-8-9-14(2)17(12-13)25(22,23)20-11-10-19-18(21)15-6-4-5-7-16(15)24-3/h4-9,12,20H,10-11H2,1-3H3,(H,19,21). The molecule has 2 N–H and O–H groups in total. The van der Waals surface area contributed by atoms with Crippen LogP contribution in [0.4, 0.5) is 0 Å². The van der Waals surface area contributed by atoms with E-state index < -0.39 is 10.0 Å². The van der Waals surface area contributed by atoms with Gasteiger partial charge in [0.15, 0.2) is 0 Å². The summed E-state index contributed by atoms with van der Waals surface area (Å²) < 4.78 is 32.4. The third-order valence-electron chi connectivity index (χ3n) is 3.69. The van der Waals surface area contributed by atoms with Gasteiger partial charge in [-0.15, -0.1) is 0 Å². The van der Waals surface area contributed by atoms with Gasteiger partial charge in [-0.1, -0.05) is 24.3 Å². The number of hydrogen-bond acceptors (Lipinski definition) is 4. The van der Waals surface area contributed by atoms with Crippen LogP contribution in [0.1, 0.15) is 21.5 Å². The number of hydrogen-bond donors (Lipinski definition) is 2. The van der Waals surface area contributed by atoms with Gasteiger partial charge in [0, 0.05) is 13.1 Å². The zero-order chi connectivity index (χ0) is 18.4. The summed E-state index contributed by atoms with van der Waals surface area (Å²) in [5, 5.41) is 2.68. The highest BCUT2D eigenvalue weighted by atomic mass is 32.2. The number of para-hydroxylation sites is 1. The molecule has 0 aliphatic heterocycles. The monoisotopic (exact) mass is 362 g/mol. The van der Waals surface area contributed by atoms with Crippen molar-refractivity contribution >= 4 is 15.9 Å². The van der Waals surface area contributed by atoms with E-state index in [1.807, 2.05) is 13.0 Å². The Kier molecular flexibility index (Phi) is 6.17. The first-order chi connectivity index (χ1) is 11.8. The van der Waals surface area contributed by atoms with Crippen LogP contribution in [0.5, 0.6) is 5.75 Å². The van der Waals surface area contributed by atoms with Crippen LogP contribution in [0.15, 0.2) is 47.4 Å². The van der Waals surface area contributed by atoms with E-state index in [-0.39, 0.29) is 23.9 Å². The minimum absolute atomic E-state index is 0.0939. The number of aryl methyl sites for hydroxylation is 2. The second kappa shape index (κ2) is 8.13. The summed E-state index contributed by atoms with van der Waals surface area (Å²) in [6.45, 7) is 3.85. The third-order valence-corrected chi connectivity index (χ3v) is 5.29. The number of methoxy groups -OCH3 is 1. The first-order valence-electron chi connectivity index (χ1n) is 7.83. The Morgan fingerprint density at radius 3 is 2.52 bits per heavy atom. The average molecular weight is 362 g/mol.